The van der Waals surface area contributed by atoms with Crippen molar-refractivity contribution in [2.24, 2.45) is 10.9 Å². The number of nitrogens with one attached hydrogen (secondary N) is 1. The Morgan fingerprint density at radius 3 is 2.69 bits per heavy atom. The van der Waals surface area contributed by atoms with E-state index in [-0.39, 0.29) is 29.8 Å². The summed E-state index contributed by atoms with van der Waals surface area (Å²) in [6.45, 7) is 10.1. The van der Waals surface area contributed by atoms with E-state index in [1.54, 1.807) is 6.07 Å². The highest BCUT2D eigenvalue weighted by atomic mass is 127. The summed E-state index contributed by atoms with van der Waals surface area (Å²) in [5.74, 6) is 1.59. The number of hydrogen-bond donors (Lipinski definition) is 1. The third kappa shape index (κ3) is 7.36. The Labute approximate surface area is 192 Å². The Bertz CT molecular complexity index is 661. The van der Waals surface area contributed by atoms with Crippen molar-refractivity contribution in [1.82, 2.24) is 20.0 Å². The van der Waals surface area contributed by atoms with Gasteiger partial charge in [0.1, 0.15) is 5.82 Å². The van der Waals surface area contributed by atoms with Gasteiger partial charge in [-0.1, -0.05) is 6.07 Å². The fraction of sp³-hybridized carbons (Fsp3) is 0.682. The monoisotopic (exact) mass is 517 g/mol. The van der Waals surface area contributed by atoms with Gasteiger partial charge < -0.3 is 20.0 Å². The summed E-state index contributed by atoms with van der Waals surface area (Å²) in [5, 5.41) is 3.45. The van der Waals surface area contributed by atoms with Crippen LogP contribution in [0, 0.1) is 11.7 Å². The molecule has 0 radical (unpaired) electrons. The molecule has 5 nitrogen and oxygen atoms in total. The van der Waals surface area contributed by atoms with E-state index in [1.807, 2.05) is 31.1 Å². The lowest BCUT2D eigenvalue weighted by Gasteiger charge is -2.23. The highest BCUT2D eigenvalue weighted by molar-refractivity contribution is 14.0. The Kier molecular flexibility index (Phi) is 10.1. The van der Waals surface area contributed by atoms with Crippen molar-refractivity contribution in [2.75, 3.05) is 53.4 Å². The van der Waals surface area contributed by atoms with E-state index in [2.05, 4.69) is 22.0 Å². The summed E-state index contributed by atoms with van der Waals surface area (Å²) >= 11 is 0. The molecular formula is C22H37FIN5. The van der Waals surface area contributed by atoms with Crippen LogP contribution >= 0.6 is 24.0 Å². The number of halogens is 2. The quantitative estimate of drug-likeness (QED) is 0.342. The largest absolute Gasteiger partial charge is 0.357 e. The molecule has 1 unspecified atom stereocenters. The van der Waals surface area contributed by atoms with Crippen molar-refractivity contribution in [1.29, 1.82) is 0 Å². The lowest BCUT2D eigenvalue weighted by molar-refractivity contribution is 0.281. The van der Waals surface area contributed by atoms with Crippen molar-refractivity contribution in [3.8, 4) is 0 Å². The first-order valence-corrected chi connectivity index (χ1v) is 10.7. The van der Waals surface area contributed by atoms with Gasteiger partial charge in [-0.2, -0.15) is 0 Å². The number of hydrogen-bond acceptors (Lipinski definition) is 3. The SMILES string of the molecule is CCNC(=NCc1ccc(F)c(CN(C)C)c1)N1CCC(CN2CCCC2)C1.I. The fourth-order valence-electron chi connectivity index (χ4n) is 4.28. The molecule has 2 fully saturated rings. The van der Waals surface area contributed by atoms with Gasteiger partial charge in [0, 0.05) is 38.3 Å². The molecule has 1 atom stereocenters. The third-order valence-electron chi connectivity index (χ3n) is 5.64. The van der Waals surface area contributed by atoms with Crippen molar-refractivity contribution < 1.29 is 4.39 Å². The molecule has 1 N–H and O–H groups in total. The van der Waals surface area contributed by atoms with Crippen LogP contribution in [0.3, 0.4) is 0 Å². The van der Waals surface area contributed by atoms with E-state index in [4.69, 9.17) is 4.99 Å². The van der Waals surface area contributed by atoms with Gasteiger partial charge in [0.05, 0.1) is 6.54 Å². The summed E-state index contributed by atoms with van der Waals surface area (Å²) in [7, 11) is 3.92. The third-order valence-corrected chi connectivity index (χ3v) is 5.64. The van der Waals surface area contributed by atoms with Crippen LogP contribution in [0.2, 0.25) is 0 Å². The maximum absolute atomic E-state index is 14.0. The number of nitrogens with zero attached hydrogens (tertiary/aromatic N) is 4. The minimum Gasteiger partial charge on any atom is -0.357 e. The Balaban J connectivity index is 0.00000300. The second-order valence-corrected chi connectivity index (χ2v) is 8.44. The Hall–Kier alpha value is -0.930. The van der Waals surface area contributed by atoms with Gasteiger partial charge in [-0.15, -0.1) is 24.0 Å². The molecule has 0 aliphatic carbocycles. The zero-order valence-corrected chi connectivity index (χ0v) is 20.5. The van der Waals surface area contributed by atoms with Crippen molar-refractivity contribution in [2.45, 2.75) is 39.3 Å². The molecule has 0 amide bonds. The maximum atomic E-state index is 14.0. The zero-order chi connectivity index (χ0) is 19.9. The number of rotatable bonds is 7. The van der Waals surface area contributed by atoms with Crippen molar-refractivity contribution in [3.05, 3.63) is 35.1 Å². The van der Waals surface area contributed by atoms with Crippen molar-refractivity contribution >= 4 is 29.9 Å². The van der Waals surface area contributed by atoms with Gasteiger partial charge in [-0.3, -0.25) is 0 Å². The molecule has 0 spiro atoms. The van der Waals surface area contributed by atoms with Gasteiger partial charge in [-0.05, 0) is 77.0 Å². The molecule has 3 rings (SSSR count). The zero-order valence-electron chi connectivity index (χ0n) is 18.2. The molecule has 0 bridgehead atoms. The molecule has 2 aliphatic rings. The summed E-state index contributed by atoms with van der Waals surface area (Å²) in [5.41, 5.74) is 1.79. The van der Waals surface area contributed by atoms with Crippen LogP contribution in [0.25, 0.3) is 0 Å². The molecule has 0 aromatic heterocycles. The summed E-state index contributed by atoms with van der Waals surface area (Å²) in [6.07, 6.45) is 3.95. The van der Waals surface area contributed by atoms with Crippen LogP contribution < -0.4 is 5.32 Å². The standard InChI is InChI=1S/C22H36FN5.HI/c1-4-24-22(28-12-9-19(16-28)15-27-10-5-6-11-27)25-14-18-7-8-21(23)20(13-18)17-26(2)3;/h7-8,13,19H,4-6,9-12,14-17H2,1-3H3,(H,24,25);1H. The van der Waals surface area contributed by atoms with Gasteiger partial charge >= 0.3 is 0 Å². The first kappa shape index (κ1) is 24.3. The van der Waals surface area contributed by atoms with Crippen LogP contribution in [0.5, 0.6) is 0 Å². The molecule has 2 saturated heterocycles. The summed E-state index contributed by atoms with van der Waals surface area (Å²) < 4.78 is 14.0. The molecule has 164 valence electrons. The molecule has 1 aromatic carbocycles. The lowest BCUT2D eigenvalue weighted by atomic mass is 10.1. The van der Waals surface area contributed by atoms with Gasteiger partial charge in [-0.25, -0.2) is 9.38 Å². The minimum atomic E-state index is -0.141. The van der Waals surface area contributed by atoms with Crippen molar-refractivity contribution in [3.63, 3.8) is 0 Å². The molecule has 2 heterocycles. The van der Waals surface area contributed by atoms with Gasteiger partial charge in [0.2, 0.25) is 0 Å². The number of aliphatic imine (C=N–C) groups is 1. The van der Waals surface area contributed by atoms with Crippen LogP contribution in [-0.2, 0) is 13.1 Å². The van der Waals surface area contributed by atoms with E-state index in [0.29, 0.717) is 13.1 Å². The van der Waals surface area contributed by atoms with Crippen LogP contribution in [0.1, 0.15) is 37.3 Å². The van der Waals surface area contributed by atoms with Gasteiger partial charge in [0.25, 0.3) is 0 Å². The molecule has 1 aromatic rings. The normalized spacial score (nSPS) is 20.4. The molecule has 0 saturated carbocycles. The molecule has 29 heavy (non-hydrogen) atoms. The van der Waals surface area contributed by atoms with E-state index < -0.39 is 0 Å². The van der Waals surface area contributed by atoms with Crippen LogP contribution in [0.4, 0.5) is 4.39 Å². The van der Waals surface area contributed by atoms with E-state index in [0.717, 1.165) is 42.6 Å². The number of benzene rings is 1. The Morgan fingerprint density at radius 1 is 1.24 bits per heavy atom. The average molecular weight is 517 g/mol. The molecule has 2 aliphatic heterocycles. The highest BCUT2D eigenvalue weighted by Crippen LogP contribution is 2.20. The van der Waals surface area contributed by atoms with E-state index in [1.165, 1.54) is 38.9 Å². The number of guanidine groups is 1. The number of likely N-dealkylation sites (tertiary alicyclic amines) is 2. The average Bonchev–Trinajstić information content (AvgIpc) is 3.33. The summed E-state index contributed by atoms with van der Waals surface area (Å²) in [6, 6.07) is 5.36. The van der Waals surface area contributed by atoms with Gasteiger partial charge in [0.15, 0.2) is 5.96 Å². The minimum absolute atomic E-state index is 0. The topological polar surface area (TPSA) is 34.1 Å². The second kappa shape index (κ2) is 12.1. The second-order valence-electron chi connectivity index (χ2n) is 8.44. The first-order chi connectivity index (χ1) is 13.5. The molecular weight excluding hydrogens is 480 g/mol. The lowest BCUT2D eigenvalue weighted by Crippen LogP contribution is -2.40. The summed E-state index contributed by atoms with van der Waals surface area (Å²) in [4.78, 5) is 11.9. The first-order valence-electron chi connectivity index (χ1n) is 10.7. The maximum Gasteiger partial charge on any atom is 0.194 e. The fourth-order valence-corrected chi connectivity index (χ4v) is 4.28. The predicted molar refractivity (Wildman–Crippen MR) is 129 cm³/mol. The smallest absolute Gasteiger partial charge is 0.194 e. The Morgan fingerprint density at radius 2 is 2.00 bits per heavy atom. The van der Waals surface area contributed by atoms with Crippen LogP contribution in [0.15, 0.2) is 23.2 Å². The van der Waals surface area contributed by atoms with Crippen LogP contribution in [-0.4, -0.2) is 74.0 Å². The predicted octanol–water partition coefficient (Wildman–Crippen LogP) is 3.39. The molecule has 7 heteroatoms. The van der Waals surface area contributed by atoms with E-state index >= 15 is 0 Å². The van der Waals surface area contributed by atoms with E-state index in [9.17, 15) is 4.39 Å². The highest BCUT2D eigenvalue weighted by Gasteiger charge is 2.27.